The second-order valence-corrected chi connectivity index (χ2v) is 7.32. The Labute approximate surface area is 158 Å². The highest BCUT2D eigenvalue weighted by Crippen LogP contribution is 2.38. The van der Waals surface area contributed by atoms with Crippen molar-refractivity contribution in [2.75, 3.05) is 31.6 Å². The summed E-state index contributed by atoms with van der Waals surface area (Å²) in [4.78, 5) is 24.6. The van der Waals surface area contributed by atoms with Crippen LogP contribution in [0.15, 0.2) is 42.9 Å². The SMILES string of the molecule is CN(c1ccc(F)cc1)[C@H]1COC2(CCN(C(=O)c3cnccn3)CC2)C1. The molecule has 4 rings (SSSR count). The molecule has 2 fully saturated rings. The van der Waals surface area contributed by atoms with E-state index in [0.29, 0.717) is 25.4 Å². The molecule has 142 valence electrons. The fourth-order valence-electron chi connectivity index (χ4n) is 3.99. The molecule has 0 saturated carbocycles. The van der Waals surface area contributed by atoms with E-state index < -0.39 is 0 Å². The van der Waals surface area contributed by atoms with Crippen LogP contribution < -0.4 is 4.90 Å². The van der Waals surface area contributed by atoms with Crippen molar-refractivity contribution in [2.45, 2.75) is 30.9 Å². The molecule has 2 saturated heterocycles. The van der Waals surface area contributed by atoms with Gasteiger partial charge in [0, 0.05) is 38.2 Å². The lowest BCUT2D eigenvalue weighted by Crippen LogP contribution is -2.47. The zero-order valence-electron chi connectivity index (χ0n) is 15.3. The number of likely N-dealkylation sites (tertiary alicyclic amines) is 1. The standard InChI is InChI=1S/C20H23FN4O2/c1-24(16-4-2-15(21)3-5-16)17-12-20(27-14-17)6-10-25(11-7-20)19(26)18-13-22-8-9-23-18/h2-5,8-9,13,17H,6-7,10-12,14H2,1H3/t17-/m1/s1. The Hall–Kier alpha value is -2.54. The van der Waals surface area contributed by atoms with E-state index in [1.807, 2.05) is 11.9 Å². The molecule has 2 aromatic rings. The van der Waals surface area contributed by atoms with E-state index in [1.54, 1.807) is 18.3 Å². The fraction of sp³-hybridized carbons (Fsp3) is 0.450. The average molecular weight is 370 g/mol. The summed E-state index contributed by atoms with van der Waals surface area (Å²) in [6.07, 6.45) is 7.14. The van der Waals surface area contributed by atoms with Gasteiger partial charge < -0.3 is 14.5 Å². The Kier molecular flexibility index (Phi) is 4.78. The van der Waals surface area contributed by atoms with E-state index >= 15 is 0 Å². The Morgan fingerprint density at radius 3 is 2.67 bits per heavy atom. The van der Waals surface area contributed by atoms with Crippen LogP contribution in [-0.4, -0.2) is 59.2 Å². The summed E-state index contributed by atoms with van der Waals surface area (Å²) in [7, 11) is 2.02. The van der Waals surface area contributed by atoms with Gasteiger partial charge in [-0.2, -0.15) is 0 Å². The second-order valence-electron chi connectivity index (χ2n) is 7.32. The summed E-state index contributed by atoms with van der Waals surface area (Å²) in [5.41, 5.74) is 1.19. The normalized spacial score (nSPS) is 21.4. The first kappa shape index (κ1) is 17.9. The van der Waals surface area contributed by atoms with Gasteiger partial charge in [0.15, 0.2) is 0 Å². The Morgan fingerprint density at radius 2 is 2.00 bits per heavy atom. The van der Waals surface area contributed by atoms with Gasteiger partial charge in [0.25, 0.3) is 5.91 Å². The molecule has 7 heteroatoms. The molecule has 1 aromatic carbocycles. The minimum atomic E-state index is -0.230. The molecular weight excluding hydrogens is 347 g/mol. The molecule has 3 heterocycles. The Balaban J connectivity index is 1.36. The van der Waals surface area contributed by atoms with Crippen LogP contribution >= 0.6 is 0 Å². The van der Waals surface area contributed by atoms with E-state index in [4.69, 9.17) is 4.74 Å². The Morgan fingerprint density at radius 1 is 1.26 bits per heavy atom. The number of halogens is 1. The molecule has 2 aliphatic rings. The number of anilines is 1. The number of benzene rings is 1. The van der Waals surface area contributed by atoms with Crippen LogP contribution in [-0.2, 0) is 4.74 Å². The van der Waals surface area contributed by atoms with Crippen molar-refractivity contribution in [3.05, 3.63) is 54.4 Å². The molecule has 1 spiro atoms. The molecule has 0 unspecified atom stereocenters. The second kappa shape index (κ2) is 7.23. The van der Waals surface area contributed by atoms with Crippen molar-refractivity contribution >= 4 is 11.6 Å². The lowest BCUT2D eigenvalue weighted by atomic mass is 9.87. The van der Waals surface area contributed by atoms with Gasteiger partial charge in [-0.3, -0.25) is 9.78 Å². The topological polar surface area (TPSA) is 58.6 Å². The summed E-state index contributed by atoms with van der Waals surface area (Å²) in [5, 5.41) is 0. The van der Waals surface area contributed by atoms with E-state index in [0.717, 1.165) is 24.9 Å². The number of nitrogens with zero attached hydrogens (tertiary/aromatic N) is 4. The van der Waals surface area contributed by atoms with Crippen molar-refractivity contribution in [1.29, 1.82) is 0 Å². The van der Waals surface area contributed by atoms with Gasteiger partial charge in [-0.25, -0.2) is 9.37 Å². The van der Waals surface area contributed by atoms with Gasteiger partial charge >= 0.3 is 0 Å². The molecule has 2 aliphatic heterocycles. The molecule has 1 atom stereocenters. The summed E-state index contributed by atoms with van der Waals surface area (Å²) in [5.74, 6) is -0.303. The number of likely N-dealkylation sites (N-methyl/N-ethyl adjacent to an activating group) is 1. The molecule has 27 heavy (non-hydrogen) atoms. The molecule has 6 nitrogen and oxygen atoms in total. The first-order valence-electron chi connectivity index (χ1n) is 9.24. The Bertz CT molecular complexity index is 791. The highest BCUT2D eigenvalue weighted by Gasteiger charge is 2.44. The van der Waals surface area contributed by atoms with Crippen LogP contribution in [0.3, 0.4) is 0 Å². The maximum atomic E-state index is 13.2. The van der Waals surface area contributed by atoms with E-state index in [1.165, 1.54) is 24.5 Å². The first-order valence-corrected chi connectivity index (χ1v) is 9.24. The largest absolute Gasteiger partial charge is 0.373 e. The lowest BCUT2D eigenvalue weighted by molar-refractivity contribution is -0.0389. The molecule has 0 N–H and O–H groups in total. The quantitative estimate of drug-likeness (QED) is 0.831. The maximum Gasteiger partial charge on any atom is 0.274 e. The summed E-state index contributed by atoms with van der Waals surface area (Å²) in [6, 6.07) is 6.80. The van der Waals surface area contributed by atoms with Crippen LogP contribution in [0.2, 0.25) is 0 Å². The number of rotatable bonds is 3. The number of carbonyl (C=O) groups excluding carboxylic acids is 1. The zero-order valence-corrected chi connectivity index (χ0v) is 15.3. The fourth-order valence-corrected chi connectivity index (χ4v) is 3.99. The number of piperidine rings is 1. The van der Waals surface area contributed by atoms with Gasteiger partial charge in [-0.05, 0) is 43.5 Å². The minimum Gasteiger partial charge on any atom is -0.373 e. The van der Waals surface area contributed by atoms with Gasteiger partial charge in [-0.15, -0.1) is 0 Å². The van der Waals surface area contributed by atoms with Crippen LogP contribution in [0.1, 0.15) is 29.8 Å². The number of hydrogen-bond donors (Lipinski definition) is 0. The third-order valence-corrected chi connectivity index (χ3v) is 5.72. The monoisotopic (exact) mass is 370 g/mol. The maximum absolute atomic E-state index is 13.2. The van der Waals surface area contributed by atoms with E-state index in [9.17, 15) is 9.18 Å². The molecule has 1 amide bonds. The first-order chi connectivity index (χ1) is 13.1. The molecule has 0 radical (unpaired) electrons. The summed E-state index contributed by atoms with van der Waals surface area (Å²) in [6.45, 7) is 1.96. The number of aromatic nitrogens is 2. The van der Waals surface area contributed by atoms with Gasteiger partial charge in [-0.1, -0.05) is 0 Å². The predicted octanol–water partition coefficient (Wildman–Crippen LogP) is 2.52. The molecular formula is C20H23FN4O2. The van der Waals surface area contributed by atoms with E-state index in [2.05, 4.69) is 14.9 Å². The van der Waals surface area contributed by atoms with E-state index in [-0.39, 0.29) is 23.4 Å². The minimum absolute atomic E-state index is 0.0732. The predicted molar refractivity (Wildman–Crippen MR) is 99.1 cm³/mol. The number of carbonyl (C=O) groups is 1. The highest BCUT2D eigenvalue weighted by molar-refractivity contribution is 5.92. The third kappa shape index (κ3) is 3.64. The van der Waals surface area contributed by atoms with Crippen LogP contribution in [0.4, 0.5) is 10.1 Å². The van der Waals surface area contributed by atoms with Crippen LogP contribution in [0, 0.1) is 5.82 Å². The highest BCUT2D eigenvalue weighted by atomic mass is 19.1. The van der Waals surface area contributed by atoms with Crippen molar-refractivity contribution < 1.29 is 13.9 Å². The van der Waals surface area contributed by atoms with Gasteiger partial charge in [0.05, 0.1) is 24.4 Å². The number of amides is 1. The van der Waals surface area contributed by atoms with Crippen LogP contribution in [0.5, 0.6) is 0 Å². The molecule has 1 aromatic heterocycles. The van der Waals surface area contributed by atoms with Crippen molar-refractivity contribution in [3.8, 4) is 0 Å². The zero-order chi connectivity index (χ0) is 18.9. The smallest absolute Gasteiger partial charge is 0.274 e. The lowest BCUT2D eigenvalue weighted by Gasteiger charge is -2.38. The van der Waals surface area contributed by atoms with Crippen molar-refractivity contribution in [1.82, 2.24) is 14.9 Å². The summed E-state index contributed by atoms with van der Waals surface area (Å²) < 4.78 is 19.4. The molecule has 0 aliphatic carbocycles. The number of ether oxygens (including phenoxy) is 1. The summed E-state index contributed by atoms with van der Waals surface area (Å²) >= 11 is 0. The average Bonchev–Trinajstić information content (AvgIpc) is 3.12. The van der Waals surface area contributed by atoms with Gasteiger partial charge in [0.2, 0.25) is 0 Å². The van der Waals surface area contributed by atoms with Crippen LogP contribution in [0.25, 0.3) is 0 Å². The van der Waals surface area contributed by atoms with Crippen molar-refractivity contribution in [3.63, 3.8) is 0 Å². The molecule has 0 bridgehead atoms. The van der Waals surface area contributed by atoms with Crippen molar-refractivity contribution in [2.24, 2.45) is 0 Å². The number of hydrogen-bond acceptors (Lipinski definition) is 5. The van der Waals surface area contributed by atoms with Gasteiger partial charge in [0.1, 0.15) is 11.5 Å². The third-order valence-electron chi connectivity index (χ3n) is 5.72.